The first-order valence-electron chi connectivity index (χ1n) is 5.04. The van der Waals surface area contributed by atoms with Gasteiger partial charge in [-0.15, -0.1) is 10.2 Å². The molecule has 0 amide bonds. The van der Waals surface area contributed by atoms with Crippen LogP contribution < -0.4 is 0 Å². The Morgan fingerprint density at radius 2 is 2.23 bits per heavy atom. The Morgan fingerprint density at radius 3 is 3.00 bits per heavy atom. The third kappa shape index (κ3) is 1.16. The summed E-state index contributed by atoms with van der Waals surface area (Å²) in [5.41, 5.74) is 0. The van der Waals surface area contributed by atoms with Crippen molar-refractivity contribution in [2.45, 2.75) is 38.4 Å². The molecule has 1 aromatic rings. The minimum absolute atomic E-state index is 0.838. The van der Waals surface area contributed by atoms with E-state index in [0.717, 1.165) is 25.0 Å². The lowest BCUT2D eigenvalue weighted by molar-refractivity contribution is 0.0957. The van der Waals surface area contributed by atoms with Crippen molar-refractivity contribution >= 4 is 0 Å². The van der Waals surface area contributed by atoms with Gasteiger partial charge in [-0.3, -0.25) is 4.90 Å². The normalized spacial score (nSPS) is 24.0. The van der Waals surface area contributed by atoms with Crippen molar-refractivity contribution in [1.82, 2.24) is 19.7 Å². The number of aromatic nitrogens is 3. The zero-order valence-corrected chi connectivity index (χ0v) is 7.69. The second kappa shape index (κ2) is 2.80. The summed E-state index contributed by atoms with van der Waals surface area (Å²) in [5.74, 6) is 1.14. The maximum absolute atomic E-state index is 4.12. The number of fused-ring (bicyclic) bond motifs is 1. The van der Waals surface area contributed by atoms with Crippen LogP contribution in [0.5, 0.6) is 0 Å². The number of nitrogens with zero attached hydrogens (tertiary/aromatic N) is 4. The fourth-order valence-electron chi connectivity index (χ4n) is 2.15. The molecule has 0 radical (unpaired) electrons. The first kappa shape index (κ1) is 7.50. The standard InChI is InChI=1S/C9H14N4/c1-2-8(3-1)12-4-5-13-7-10-11-9(13)6-12/h7-8H,1-6H2. The molecule has 0 spiro atoms. The van der Waals surface area contributed by atoms with Crippen LogP contribution in [-0.2, 0) is 13.1 Å². The summed E-state index contributed by atoms with van der Waals surface area (Å²) >= 11 is 0. The maximum atomic E-state index is 4.12. The molecule has 0 atom stereocenters. The molecule has 70 valence electrons. The summed E-state index contributed by atoms with van der Waals surface area (Å²) in [7, 11) is 0. The van der Waals surface area contributed by atoms with Crippen molar-refractivity contribution in [2.24, 2.45) is 0 Å². The highest BCUT2D eigenvalue weighted by molar-refractivity contribution is 4.93. The molecule has 1 aliphatic heterocycles. The highest BCUT2D eigenvalue weighted by Gasteiger charge is 2.28. The first-order chi connectivity index (χ1) is 6.43. The third-order valence-corrected chi connectivity index (χ3v) is 3.26. The van der Waals surface area contributed by atoms with Crippen LogP contribution >= 0.6 is 0 Å². The van der Waals surface area contributed by atoms with Gasteiger partial charge >= 0.3 is 0 Å². The summed E-state index contributed by atoms with van der Waals surface area (Å²) in [4.78, 5) is 2.55. The number of rotatable bonds is 1. The van der Waals surface area contributed by atoms with E-state index in [9.17, 15) is 0 Å². The van der Waals surface area contributed by atoms with Gasteiger partial charge < -0.3 is 4.57 Å². The fraction of sp³-hybridized carbons (Fsp3) is 0.778. The summed E-state index contributed by atoms with van der Waals surface area (Å²) in [6, 6.07) is 0.838. The van der Waals surface area contributed by atoms with Crippen LogP contribution in [0, 0.1) is 0 Å². The molecular formula is C9H14N4. The minimum atomic E-state index is 0.838. The fourth-order valence-corrected chi connectivity index (χ4v) is 2.15. The molecule has 1 aliphatic carbocycles. The van der Waals surface area contributed by atoms with E-state index < -0.39 is 0 Å². The van der Waals surface area contributed by atoms with Crippen molar-refractivity contribution in [3.05, 3.63) is 12.2 Å². The highest BCUT2D eigenvalue weighted by atomic mass is 15.3. The smallest absolute Gasteiger partial charge is 0.147 e. The quantitative estimate of drug-likeness (QED) is 0.633. The van der Waals surface area contributed by atoms with E-state index in [1.165, 1.54) is 25.8 Å². The largest absolute Gasteiger partial charge is 0.315 e. The van der Waals surface area contributed by atoms with Crippen LogP contribution in [-0.4, -0.2) is 32.3 Å². The van der Waals surface area contributed by atoms with Crippen LogP contribution in [0.3, 0.4) is 0 Å². The topological polar surface area (TPSA) is 34.0 Å². The van der Waals surface area contributed by atoms with Gasteiger partial charge in [-0.25, -0.2) is 0 Å². The molecule has 2 heterocycles. The zero-order valence-electron chi connectivity index (χ0n) is 7.69. The number of hydrogen-bond donors (Lipinski definition) is 0. The van der Waals surface area contributed by atoms with Gasteiger partial charge in [0.15, 0.2) is 0 Å². The number of hydrogen-bond acceptors (Lipinski definition) is 3. The van der Waals surface area contributed by atoms with E-state index in [4.69, 9.17) is 0 Å². The van der Waals surface area contributed by atoms with E-state index >= 15 is 0 Å². The van der Waals surface area contributed by atoms with Gasteiger partial charge in [0.05, 0.1) is 6.54 Å². The molecule has 0 aromatic carbocycles. The van der Waals surface area contributed by atoms with Crippen molar-refractivity contribution in [3.8, 4) is 0 Å². The molecule has 3 rings (SSSR count). The van der Waals surface area contributed by atoms with Crippen LogP contribution in [0.2, 0.25) is 0 Å². The van der Waals surface area contributed by atoms with Gasteiger partial charge in [0.25, 0.3) is 0 Å². The molecule has 4 heteroatoms. The lowest BCUT2D eigenvalue weighted by Gasteiger charge is -2.39. The second-order valence-corrected chi connectivity index (χ2v) is 4.00. The molecule has 0 saturated heterocycles. The van der Waals surface area contributed by atoms with Crippen molar-refractivity contribution < 1.29 is 0 Å². The average Bonchev–Trinajstić information content (AvgIpc) is 2.47. The summed E-state index contributed by atoms with van der Waals surface area (Å²) in [6.45, 7) is 3.25. The molecule has 4 nitrogen and oxygen atoms in total. The first-order valence-corrected chi connectivity index (χ1v) is 5.04. The minimum Gasteiger partial charge on any atom is -0.315 e. The lowest BCUT2D eigenvalue weighted by atomic mass is 9.91. The van der Waals surface area contributed by atoms with E-state index in [1.54, 1.807) is 0 Å². The third-order valence-electron chi connectivity index (χ3n) is 3.26. The molecule has 1 fully saturated rings. The molecule has 13 heavy (non-hydrogen) atoms. The van der Waals surface area contributed by atoms with Crippen molar-refractivity contribution in [3.63, 3.8) is 0 Å². The SMILES string of the molecule is c1nnc2n1CCN(C1CCC1)C2. The molecule has 0 unspecified atom stereocenters. The molecule has 1 aromatic heterocycles. The molecule has 0 N–H and O–H groups in total. The Balaban J connectivity index is 1.76. The molecular weight excluding hydrogens is 164 g/mol. The Bertz CT molecular complexity index is 302. The van der Waals surface area contributed by atoms with Crippen LogP contribution in [0.1, 0.15) is 25.1 Å². The zero-order chi connectivity index (χ0) is 8.67. The summed E-state index contributed by atoms with van der Waals surface area (Å²) in [5, 5.41) is 8.05. The predicted octanol–water partition coefficient (Wildman–Crippen LogP) is 0.646. The van der Waals surface area contributed by atoms with Gasteiger partial charge in [-0.05, 0) is 12.8 Å². The Kier molecular flexibility index (Phi) is 1.62. The highest BCUT2D eigenvalue weighted by Crippen LogP contribution is 2.27. The Labute approximate surface area is 77.6 Å². The van der Waals surface area contributed by atoms with Gasteiger partial charge in [-0.2, -0.15) is 0 Å². The van der Waals surface area contributed by atoms with Crippen molar-refractivity contribution in [2.75, 3.05) is 6.54 Å². The van der Waals surface area contributed by atoms with Gasteiger partial charge in [0.2, 0.25) is 0 Å². The van der Waals surface area contributed by atoms with Crippen molar-refractivity contribution in [1.29, 1.82) is 0 Å². The van der Waals surface area contributed by atoms with Gasteiger partial charge in [0, 0.05) is 19.1 Å². The molecule has 0 bridgehead atoms. The van der Waals surface area contributed by atoms with Gasteiger partial charge in [0.1, 0.15) is 12.2 Å². The summed E-state index contributed by atoms with van der Waals surface area (Å²) in [6.07, 6.45) is 6.02. The van der Waals surface area contributed by atoms with Crippen LogP contribution in [0.15, 0.2) is 6.33 Å². The van der Waals surface area contributed by atoms with Crippen LogP contribution in [0.4, 0.5) is 0 Å². The monoisotopic (exact) mass is 178 g/mol. The van der Waals surface area contributed by atoms with E-state index in [-0.39, 0.29) is 0 Å². The van der Waals surface area contributed by atoms with E-state index in [1.807, 2.05) is 6.33 Å². The molecule has 1 saturated carbocycles. The predicted molar refractivity (Wildman–Crippen MR) is 48.1 cm³/mol. The average molecular weight is 178 g/mol. The lowest BCUT2D eigenvalue weighted by Crippen LogP contribution is -2.44. The summed E-state index contributed by atoms with van der Waals surface area (Å²) < 4.78 is 2.16. The van der Waals surface area contributed by atoms with E-state index in [0.29, 0.717) is 0 Å². The van der Waals surface area contributed by atoms with Crippen LogP contribution in [0.25, 0.3) is 0 Å². The molecule has 2 aliphatic rings. The van der Waals surface area contributed by atoms with Gasteiger partial charge in [-0.1, -0.05) is 6.42 Å². The Morgan fingerprint density at radius 1 is 1.31 bits per heavy atom. The Hall–Kier alpha value is -0.900. The second-order valence-electron chi connectivity index (χ2n) is 4.00. The maximum Gasteiger partial charge on any atom is 0.147 e. The van der Waals surface area contributed by atoms with E-state index in [2.05, 4.69) is 19.7 Å².